The van der Waals surface area contributed by atoms with Crippen molar-refractivity contribution in [3.05, 3.63) is 24.0 Å². The van der Waals surface area contributed by atoms with E-state index in [0.29, 0.717) is 12.2 Å². The van der Waals surface area contributed by atoms with Crippen LogP contribution >= 0.6 is 0 Å². The van der Waals surface area contributed by atoms with E-state index in [1.54, 1.807) is 6.07 Å². The van der Waals surface area contributed by atoms with Crippen LogP contribution in [0.2, 0.25) is 0 Å². The van der Waals surface area contributed by atoms with Crippen molar-refractivity contribution in [1.82, 2.24) is 4.72 Å². The van der Waals surface area contributed by atoms with E-state index >= 15 is 0 Å². The highest BCUT2D eigenvalue weighted by atomic mass is 32.2. The normalized spacial score (nSPS) is 15.6. The smallest absolute Gasteiger partial charge is 0.242 e. The Kier molecular flexibility index (Phi) is 4.48. The minimum Gasteiger partial charge on any atom is -0.373 e. The number of carbonyl (C=O) groups excluding carboxylic acids is 1. The van der Waals surface area contributed by atoms with Gasteiger partial charge in [0.1, 0.15) is 5.82 Å². The molecule has 0 aromatic heterocycles. The summed E-state index contributed by atoms with van der Waals surface area (Å²) in [4.78, 5) is 15.6. The molecule has 21 heavy (non-hydrogen) atoms. The van der Waals surface area contributed by atoms with Crippen LogP contribution in [0.3, 0.4) is 0 Å². The fraction of sp³-hybridized carbons (Fsp3) is 0.462. The van der Waals surface area contributed by atoms with Crippen molar-refractivity contribution in [2.24, 2.45) is 0 Å². The molecule has 1 aliphatic heterocycles. The van der Waals surface area contributed by atoms with Gasteiger partial charge in [-0.2, -0.15) is 0 Å². The van der Waals surface area contributed by atoms with Crippen molar-refractivity contribution in [2.75, 3.05) is 42.7 Å². The molecule has 0 aliphatic carbocycles. The van der Waals surface area contributed by atoms with Crippen LogP contribution < -0.4 is 14.5 Å². The lowest BCUT2D eigenvalue weighted by Crippen LogP contribution is -2.40. The Balaban J connectivity index is 2.29. The highest BCUT2D eigenvalue weighted by molar-refractivity contribution is 7.88. The molecule has 0 saturated carbocycles. The number of benzene rings is 1. The third kappa shape index (κ3) is 3.92. The second-order valence-corrected chi connectivity index (χ2v) is 6.88. The van der Waals surface area contributed by atoms with Gasteiger partial charge < -0.3 is 9.80 Å². The van der Waals surface area contributed by atoms with Gasteiger partial charge in [-0.25, -0.2) is 17.5 Å². The first-order valence-corrected chi connectivity index (χ1v) is 8.43. The molecule has 1 aromatic carbocycles. The zero-order chi connectivity index (χ0) is 15.6. The number of halogens is 1. The Morgan fingerprint density at radius 2 is 2.05 bits per heavy atom. The summed E-state index contributed by atoms with van der Waals surface area (Å²) < 4.78 is 37.8. The van der Waals surface area contributed by atoms with Crippen LogP contribution in [-0.4, -0.2) is 47.3 Å². The zero-order valence-electron chi connectivity index (χ0n) is 12.0. The van der Waals surface area contributed by atoms with Crippen LogP contribution in [-0.2, 0) is 14.8 Å². The van der Waals surface area contributed by atoms with Gasteiger partial charge in [-0.1, -0.05) is 0 Å². The van der Waals surface area contributed by atoms with Gasteiger partial charge in [0.25, 0.3) is 0 Å². The molecule has 0 unspecified atom stereocenters. The first-order valence-electron chi connectivity index (χ1n) is 6.53. The summed E-state index contributed by atoms with van der Waals surface area (Å²) >= 11 is 0. The number of carbonyl (C=O) groups is 1. The summed E-state index contributed by atoms with van der Waals surface area (Å²) in [5.74, 6) is -0.833. The Morgan fingerprint density at radius 3 is 2.71 bits per heavy atom. The van der Waals surface area contributed by atoms with E-state index in [0.717, 1.165) is 24.9 Å². The maximum atomic E-state index is 13.5. The molecule has 0 saturated heterocycles. The number of nitrogens with one attached hydrogen (secondary N) is 1. The van der Waals surface area contributed by atoms with Crippen molar-refractivity contribution in [1.29, 1.82) is 0 Å². The molecule has 8 heteroatoms. The highest BCUT2D eigenvalue weighted by Gasteiger charge is 2.24. The Morgan fingerprint density at radius 1 is 1.33 bits per heavy atom. The van der Waals surface area contributed by atoms with Gasteiger partial charge in [0, 0.05) is 20.1 Å². The van der Waals surface area contributed by atoms with E-state index in [-0.39, 0.29) is 6.54 Å². The fourth-order valence-corrected chi connectivity index (χ4v) is 2.68. The first kappa shape index (κ1) is 15.7. The molecule has 0 fully saturated rings. The number of sulfonamides is 1. The van der Waals surface area contributed by atoms with Crippen LogP contribution in [0.25, 0.3) is 0 Å². The topological polar surface area (TPSA) is 69.7 Å². The van der Waals surface area contributed by atoms with Crippen molar-refractivity contribution in [3.63, 3.8) is 0 Å². The van der Waals surface area contributed by atoms with Crippen molar-refractivity contribution in [2.45, 2.75) is 6.42 Å². The lowest BCUT2D eigenvalue weighted by atomic mass is 10.2. The summed E-state index contributed by atoms with van der Waals surface area (Å²) in [6, 6.07) is 4.27. The largest absolute Gasteiger partial charge is 0.373 e. The molecule has 1 N–H and O–H groups in total. The summed E-state index contributed by atoms with van der Waals surface area (Å²) in [5.41, 5.74) is 1.22. The van der Waals surface area contributed by atoms with Crippen LogP contribution in [0.4, 0.5) is 15.8 Å². The zero-order valence-corrected chi connectivity index (χ0v) is 12.8. The van der Waals surface area contributed by atoms with Crippen LogP contribution in [0.1, 0.15) is 6.42 Å². The molecule has 0 radical (unpaired) electrons. The number of nitrogens with zero attached hydrogens (tertiary/aromatic N) is 2. The van der Waals surface area contributed by atoms with E-state index in [2.05, 4.69) is 4.72 Å². The standard InChI is InChI=1S/C13H18FN3O3S/c1-16-6-3-7-17(13(18)9-15-21(2,19)20)12-8-10(14)4-5-11(12)16/h4-5,8,15H,3,6-7,9H2,1-2H3. The van der Waals surface area contributed by atoms with Gasteiger partial charge >= 0.3 is 0 Å². The van der Waals surface area contributed by atoms with Crippen molar-refractivity contribution >= 4 is 27.3 Å². The average molecular weight is 315 g/mol. The lowest BCUT2D eigenvalue weighted by molar-refractivity contribution is -0.117. The molecule has 0 atom stereocenters. The van der Waals surface area contributed by atoms with Gasteiger partial charge in [-0.15, -0.1) is 0 Å². The summed E-state index contributed by atoms with van der Waals surface area (Å²) in [6.07, 6.45) is 1.71. The molecule has 6 nitrogen and oxygen atoms in total. The molecule has 0 spiro atoms. The highest BCUT2D eigenvalue weighted by Crippen LogP contribution is 2.32. The summed E-state index contributed by atoms with van der Waals surface area (Å²) in [5, 5.41) is 0. The van der Waals surface area contributed by atoms with Gasteiger partial charge in [-0.05, 0) is 24.6 Å². The monoisotopic (exact) mass is 315 g/mol. The quantitative estimate of drug-likeness (QED) is 0.884. The van der Waals surface area contributed by atoms with Crippen LogP contribution in [0.15, 0.2) is 18.2 Å². The number of hydrogen-bond donors (Lipinski definition) is 1. The average Bonchev–Trinajstić information content (AvgIpc) is 2.54. The predicted octanol–water partition coefficient (Wildman–Crippen LogP) is 0.548. The maximum absolute atomic E-state index is 13.5. The van der Waals surface area contributed by atoms with Crippen LogP contribution in [0, 0.1) is 5.82 Å². The van der Waals surface area contributed by atoms with E-state index < -0.39 is 21.7 Å². The van der Waals surface area contributed by atoms with Crippen molar-refractivity contribution < 1.29 is 17.6 Å². The summed E-state index contributed by atoms with van der Waals surface area (Å²) in [6.45, 7) is 0.825. The second kappa shape index (κ2) is 5.98. The Labute approximate surface area is 123 Å². The molecule has 1 amide bonds. The SMILES string of the molecule is CN1CCCN(C(=O)CNS(C)(=O)=O)c2cc(F)ccc21. The van der Waals surface area contributed by atoms with Gasteiger partial charge in [-0.3, -0.25) is 4.79 Å². The fourth-order valence-electron chi connectivity index (χ4n) is 2.29. The Hall–Kier alpha value is -1.67. The number of rotatable bonds is 3. The molecule has 2 rings (SSSR count). The maximum Gasteiger partial charge on any atom is 0.242 e. The Bertz CT molecular complexity index is 648. The molecular weight excluding hydrogens is 297 g/mol. The third-order valence-corrected chi connectivity index (χ3v) is 3.97. The minimum absolute atomic E-state index is 0.335. The molecule has 116 valence electrons. The van der Waals surface area contributed by atoms with Gasteiger partial charge in [0.2, 0.25) is 15.9 Å². The number of fused-ring (bicyclic) bond motifs is 1. The van der Waals surface area contributed by atoms with E-state index in [1.807, 2.05) is 11.9 Å². The van der Waals surface area contributed by atoms with Crippen molar-refractivity contribution in [3.8, 4) is 0 Å². The second-order valence-electron chi connectivity index (χ2n) is 5.05. The molecule has 0 bridgehead atoms. The van der Waals surface area contributed by atoms with Gasteiger partial charge in [0.15, 0.2) is 0 Å². The molecule has 1 aliphatic rings. The van der Waals surface area contributed by atoms with E-state index in [1.165, 1.54) is 17.0 Å². The lowest BCUT2D eigenvalue weighted by Gasteiger charge is -2.24. The van der Waals surface area contributed by atoms with E-state index in [9.17, 15) is 17.6 Å². The molecule has 1 aromatic rings. The van der Waals surface area contributed by atoms with E-state index in [4.69, 9.17) is 0 Å². The first-order chi connectivity index (χ1) is 9.78. The molecule has 1 heterocycles. The predicted molar refractivity (Wildman–Crippen MR) is 79.5 cm³/mol. The number of anilines is 2. The minimum atomic E-state index is -3.45. The summed E-state index contributed by atoms with van der Waals surface area (Å²) in [7, 11) is -1.57. The number of hydrogen-bond acceptors (Lipinski definition) is 4. The number of amides is 1. The van der Waals surface area contributed by atoms with Gasteiger partial charge in [0.05, 0.1) is 24.2 Å². The van der Waals surface area contributed by atoms with Crippen LogP contribution in [0.5, 0.6) is 0 Å². The third-order valence-electron chi connectivity index (χ3n) is 3.30. The molecular formula is C13H18FN3O3S.